The van der Waals surface area contributed by atoms with E-state index in [2.05, 4.69) is 33.9 Å². The maximum Gasteiger partial charge on any atom is 0.118 e. The van der Waals surface area contributed by atoms with Crippen LogP contribution in [-0.2, 0) is 6.54 Å². The van der Waals surface area contributed by atoms with Crippen LogP contribution >= 0.6 is 0 Å². The molecule has 0 saturated heterocycles. The fraction of sp³-hybridized carbons (Fsp3) is 0.357. The second-order valence-electron chi connectivity index (χ2n) is 4.25. The van der Waals surface area contributed by atoms with Gasteiger partial charge in [0, 0.05) is 31.5 Å². The van der Waals surface area contributed by atoms with Crippen LogP contribution < -0.4 is 10.1 Å². The average molecular weight is 245 g/mol. The lowest BCUT2D eigenvalue weighted by Crippen LogP contribution is -2.22. The third kappa shape index (κ3) is 3.34. The van der Waals surface area contributed by atoms with Crippen LogP contribution in [0.15, 0.2) is 43.0 Å². The second-order valence-corrected chi connectivity index (χ2v) is 4.25. The van der Waals surface area contributed by atoms with Crippen LogP contribution in [0, 0.1) is 0 Å². The summed E-state index contributed by atoms with van der Waals surface area (Å²) in [6, 6.07) is 8.49. The molecule has 4 heteroatoms. The maximum atomic E-state index is 5.15. The monoisotopic (exact) mass is 245 g/mol. The van der Waals surface area contributed by atoms with Gasteiger partial charge in [0.2, 0.25) is 0 Å². The van der Waals surface area contributed by atoms with Crippen molar-refractivity contribution in [1.29, 1.82) is 0 Å². The van der Waals surface area contributed by atoms with E-state index < -0.39 is 0 Å². The van der Waals surface area contributed by atoms with Gasteiger partial charge in [0.1, 0.15) is 5.75 Å². The summed E-state index contributed by atoms with van der Waals surface area (Å²) in [4.78, 5) is 4.02. The molecule has 0 fully saturated rings. The lowest BCUT2D eigenvalue weighted by molar-refractivity contribution is 0.414. The summed E-state index contributed by atoms with van der Waals surface area (Å²) in [5, 5.41) is 3.49. The van der Waals surface area contributed by atoms with Crippen LogP contribution in [0.2, 0.25) is 0 Å². The molecule has 0 aliphatic heterocycles. The minimum Gasteiger partial charge on any atom is -0.497 e. The third-order valence-electron chi connectivity index (χ3n) is 3.00. The van der Waals surface area contributed by atoms with Gasteiger partial charge >= 0.3 is 0 Å². The van der Waals surface area contributed by atoms with Crippen LogP contribution in [0.4, 0.5) is 0 Å². The fourth-order valence-corrected chi connectivity index (χ4v) is 1.84. The molecule has 0 saturated carbocycles. The molecule has 4 nitrogen and oxygen atoms in total. The summed E-state index contributed by atoms with van der Waals surface area (Å²) in [6.45, 7) is 4.01. The Labute approximate surface area is 108 Å². The molecule has 0 spiro atoms. The predicted octanol–water partition coefficient (Wildman–Crippen LogP) is 2.24. The highest BCUT2D eigenvalue weighted by molar-refractivity contribution is 5.28. The van der Waals surface area contributed by atoms with Crippen LogP contribution in [0.25, 0.3) is 0 Å². The zero-order valence-electron chi connectivity index (χ0n) is 10.8. The zero-order chi connectivity index (χ0) is 12.8. The highest BCUT2D eigenvalue weighted by Gasteiger charge is 2.04. The second kappa shape index (κ2) is 6.21. The summed E-state index contributed by atoms with van der Waals surface area (Å²) >= 11 is 0. The number of benzene rings is 1. The molecule has 2 rings (SSSR count). The highest BCUT2D eigenvalue weighted by atomic mass is 16.5. The Balaban J connectivity index is 1.81. The number of rotatable bonds is 6. The predicted molar refractivity (Wildman–Crippen MR) is 71.6 cm³/mol. The molecular weight excluding hydrogens is 226 g/mol. The number of nitrogens with one attached hydrogen (secondary N) is 1. The molecule has 18 heavy (non-hydrogen) atoms. The van der Waals surface area contributed by atoms with Gasteiger partial charge < -0.3 is 14.6 Å². The Morgan fingerprint density at radius 1 is 1.33 bits per heavy atom. The Kier molecular flexibility index (Phi) is 4.36. The molecule has 1 N–H and O–H groups in total. The van der Waals surface area contributed by atoms with Crippen molar-refractivity contribution in [3.63, 3.8) is 0 Å². The first-order chi connectivity index (χ1) is 8.79. The van der Waals surface area contributed by atoms with E-state index in [0.717, 1.165) is 18.8 Å². The van der Waals surface area contributed by atoms with Crippen molar-refractivity contribution in [3.8, 4) is 5.75 Å². The van der Waals surface area contributed by atoms with Gasteiger partial charge in [-0.1, -0.05) is 12.1 Å². The Morgan fingerprint density at radius 2 is 2.11 bits per heavy atom. The van der Waals surface area contributed by atoms with Gasteiger partial charge in [-0.2, -0.15) is 0 Å². The molecule has 0 amide bonds. The SMILES string of the molecule is COc1ccc(C(C)NCCn2ccnc2)cc1. The Morgan fingerprint density at radius 3 is 2.72 bits per heavy atom. The van der Waals surface area contributed by atoms with Crippen LogP contribution in [0.5, 0.6) is 5.75 Å². The molecule has 1 aromatic carbocycles. The lowest BCUT2D eigenvalue weighted by Gasteiger charge is -2.14. The largest absolute Gasteiger partial charge is 0.497 e. The van der Waals surface area contributed by atoms with Gasteiger partial charge in [-0.05, 0) is 24.6 Å². The van der Waals surface area contributed by atoms with Crippen molar-refractivity contribution >= 4 is 0 Å². The molecule has 1 unspecified atom stereocenters. The first kappa shape index (κ1) is 12.6. The van der Waals surface area contributed by atoms with Crippen LogP contribution in [0.1, 0.15) is 18.5 Å². The van der Waals surface area contributed by atoms with E-state index in [-0.39, 0.29) is 0 Å². The standard InChI is InChI=1S/C14H19N3O/c1-12(13-3-5-14(18-2)6-4-13)16-8-10-17-9-7-15-11-17/h3-7,9,11-12,16H,8,10H2,1-2H3. The molecule has 2 aromatic rings. The number of aromatic nitrogens is 2. The van der Waals surface area contributed by atoms with Crippen molar-refractivity contribution in [2.45, 2.75) is 19.5 Å². The fourth-order valence-electron chi connectivity index (χ4n) is 1.84. The molecule has 1 atom stereocenters. The quantitative estimate of drug-likeness (QED) is 0.848. The van der Waals surface area contributed by atoms with E-state index in [0.29, 0.717) is 6.04 Å². The first-order valence-electron chi connectivity index (χ1n) is 6.12. The minimum atomic E-state index is 0.333. The molecule has 0 bridgehead atoms. The van der Waals surface area contributed by atoms with Crippen LogP contribution in [-0.4, -0.2) is 23.2 Å². The van der Waals surface area contributed by atoms with Crippen LogP contribution in [0.3, 0.4) is 0 Å². The first-order valence-corrected chi connectivity index (χ1v) is 6.12. The smallest absolute Gasteiger partial charge is 0.118 e. The highest BCUT2D eigenvalue weighted by Crippen LogP contribution is 2.16. The number of hydrogen-bond donors (Lipinski definition) is 1. The number of methoxy groups -OCH3 is 1. The van der Waals surface area contributed by atoms with E-state index in [1.165, 1.54) is 5.56 Å². The minimum absolute atomic E-state index is 0.333. The number of imidazole rings is 1. The van der Waals surface area contributed by atoms with Gasteiger partial charge in [0.05, 0.1) is 13.4 Å². The van der Waals surface area contributed by atoms with Gasteiger partial charge in [0.15, 0.2) is 0 Å². The summed E-state index contributed by atoms with van der Waals surface area (Å²) in [7, 11) is 1.68. The number of nitrogens with zero attached hydrogens (tertiary/aromatic N) is 2. The maximum absolute atomic E-state index is 5.15. The summed E-state index contributed by atoms with van der Waals surface area (Å²) < 4.78 is 7.21. The lowest BCUT2D eigenvalue weighted by atomic mass is 10.1. The third-order valence-corrected chi connectivity index (χ3v) is 3.00. The van der Waals surface area contributed by atoms with Gasteiger partial charge in [-0.15, -0.1) is 0 Å². The summed E-state index contributed by atoms with van der Waals surface area (Å²) in [5.74, 6) is 0.893. The molecule has 0 aliphatic carbocycles. The van der Waals surface area contributed by atoms with Crippen molar-refractivity contribution in [2.75, 3.05) is 13.7 Å². The van der Waals surface area contributed by atoms with Gasteiger partial charge in [0.25, 0.3) is 0 Å². The summed E-state index contributed by atoms with van der Waals surface area (Å²) in [5.41, 5.74) is 1.27. The molecule has 0 aliphatic rings. The molecule has 1 heterocycles. The molecular formula is C14H19N3O. The van der Waals surface area contributed by atoms with E-state index >= 15 is 0 Å². The van der Waals surface area contributed by atoms with Crippen molar-refractivity contribution in [3.05, 3.63) is 48.5 Å². The average Bonchev–Trinajstić information content (AvgIpc) is 2.92. The molecule has 1 aromatic heterocycles. The van der Waals surface area contributed by atoms with Crippen molar-refractivity contribution in [2.24, 2.45) is 0 Å². The molecule has 96 valence electrons. The van der Waals surface area contributed by atoms with E-state index in [9.17, 15) is 0 Å². The number of ether oxygens (including phenoxy) is 1. The van der Waals surface area contributed by atoms with Gasteiger partial charge in [-0.3, -0.25) is 0 Å². The molecule has 0 radical (unpaired) electrons. The van der Waals surface area contributed by atoms with E-state index in [4.69, 9.17) is 4.74 Å². The Hall–Kier alpha value is -1.81. The number of hydrogen-bond acceptors (Lipinski definition) is 3. The van der Waals surface area contributed by atoms with Crippen molar-refractivity contribution in [1.82, 2.24) is 14.9 Å². The Bertz CT molecular complexity index is 450. The summed E-state index contributed by atoms with van der Waals surface area (Å²) in [6.07, 6.45) is 5.60. The van der Waals surface area contributed by atoms with Crippen molar-refractivity contribution < 1.29 is 4.74 Å². The topological polar surface area (TPSA) is 39.1 Å². The van der Waals surface area contributed by atoms with E-state index in [1.807, 2.05) is 24.7 Å². The van der Waals surface area contributed by atoms with Gasteiger partial charge in [-0.25, -0.2) is 4.98 Å². The normalized spacial score (nSPS) is 12.3. The van der Waals surface area contributed by atoms with E-state index in [1.54, 1.807) is 13.3 Å². The zero-order valence-corrected chi connectivity index (χ0v) is 10.8.